The van der Waals surface area contributed by atoms with Crippen LogP contribution in [0.15, 0.2) is 112 Å². The lowest BCUT2D eigenvalue weighted by Gasteiger charge is -2.34. The van der Waals surface area contributed by atoms with Crippen LogP contribution in [-0.4, -0.2) is 50.9 Å². The summed E-state index contributed by atoms with van der Waals surface area (Å²) in [5.74, 6) is -0.562. The Morgan fingerprint density at radius 2 is 1.54 bits per heavy atom. The number of methoxy groups -OCH3 is 1. The number of nitrogens with one attached hydrogen (secondary N) is 1. The van der Waals surface area contributed by atoms with Gasteiger partial charge in [-0.15, -0.1) is 0 Å². The molecule has 46 heavy (non-hydrogen) atoms. The van der Waals surface area contributed by atoms with E-state index in [0.29, 0.717) is 12.2 Å². The summed E-state index contributed by atoms with van der Waals surface area (Å²) in [6.07, 6.45) is 0.946. The van der Waals surface area contributed by atoms with E-state index in [4.69, 9.17) is 4.74 Å². The molecule has 0 spiro atoms. The lowest BCUT2D eigenvalue weighted by Crippen LogP contribution is -2.54. The van der Waals surface area contributed by atoms with E-state index in [0.717, 1.165) is 25.5 Å². The van der Waals surface area contributed by atoms with Crippen LogP contribution in [0.25, 0.3) is 0 Å². The third kappa shape index (κ3) is 8.76. The van der Waals surface area contributed by atoms with Gasteiger partial charge in [0.15, 0.2) is 0 Å². The summed E-state index contributed by atoms with van der Waals surface area (Å²) in [7, 11) is -2.79. The Morgan fingerprint density at radius 3 is 2.20 bits per heavy atom. The predicted molar refractivity (Wildman–Crippen MR) is 185 cm³/mol. The fraction of sp³-hybridized carbons (Fsp3) is 0.278. The number of ether oxygens (including phenoxy) is 1. The summed E-state index contributed by atoms with van der Waals surface area (Å²) in [6.45, 7) is 5.27. The molecular formula is C36H40BrN3O5S. The molecule has 0 aliphatic heterocycles. The van der Waals surface area contributed by atoms with E-state index in [1.807, 2.05) is 75.4 Å². The molecule has 0 aliphatic rings. The maximum atomic E-state index is 14.6. The minimum Gasteiger partial charge on any atom is -0.495 e. The van der Waals surface area contributed by atoms with Crippen LogP contribution in [0.2, 0.25) is 0 Å². The summed E-state index contributed by atoms with van der Waals surface area (Å²) >= 11 is 3.51. The third-order valence-corrected chi connectivity index (χ3v) is 10.0. The molecule has 10 heteroatoms. The van der Waals surface area contributed by atoms with E-state index >= 15 is 0 Å². The highest BCUT2D eigenvalue weighted by Crippen LogP contribution is 2.33. The number of benzene rings is 4. The van der Waals surface area contributed by atoms with Crippen molar-refractivity contribution in [2.75, 3.05) is 18.0 Å². The minimum absolute atomic E-state index is 0.0331. The molecule has 2 unspecified atom stereocenters. The average molecular weight is 707 g/mol. The Kier molecular flexibility index (Phi) is 12.0. The number of amides is 2. The number of hydrogen-bond acceptors (Lipinski definition) is 5. The van der Waals surface area contributed by atoms with E-state index < -0.39 is 28.5 Å². The average Bonchev–Trinajstić information content (AvgIpc) is 3.05. The van der Waals surface area contributed by atoms with E-state index in [1.165, 1.54) is 24.1 Å². The summed E-state index contributed by atoms with van der Waals surface area (Å²) in [5, 5.41) is 3.05. The van der Waals surface area contributed by atoms with E-state index in [9.17, 15) is 18.0 Å². The zero-order chi connectivity index (χ0) is 33.3. The number of aryl methyl sites for hydroxylation is 1. The quantitative estimate of drug-likeness (QED) is 0.161. The molecule has 0 radical (unpaired) electrons. The van der Waals surface area contributed by atoms with Gasteiger partial charge in [0, 0.05) is 23.5 Å². The van der Waals surface area contributed by atoms with Crippen LogP contribution in [0.1, 0.15) is 37.0 Å². The first kappa shape index (κ1) is 34.7. The van der Waals surface area contributed by atoms with Gasteiger partial charge in [-0.2, -0.15) is 0 Å². The van der Waals surface area contributed by atoms with Crippen molar-refractivity contribution in [3.63, 3.8) is 0 Å². The SMILES string of the molecule is CCC(C)NC(=O)C(Cc1ccccc1)N(Cc1cccc(Br)c1)C(=O)CN(c1ccccc1OC)S(=O)(=O)c1ccc(C)cc1. The van der Waals surface area contributed by atoms with Gasteiger partial charge in [-0.25, -0.2) is 8.42 Å². The first-order chi connectivity index (χ1) is 22.0. The zero-order valence-corrected chi connectivity index (χ0v) is 28.9. The van der Waals surface area contributed by atoms with Crippen molar-refractivity contribution >= 4 is 43.5 Å². The molecule has 0 aliphatic carbocycles. The number of rotatable bonds is 14. The molecule has 4 rings (SSSR count). The molecule has 0 saturated carbocycles. The van der Waals surface area contributed by atoms with Gasteiger partial charge < -0.3 is 15.0 Å². The second-order valence-electron chi connectivity index (χ2n) is 11.2. The molecule has 1 N–H and O–H groups in total. The van der Waals surface area contributed by atoms with Crippen molar-refractivity contribution in [2.45, 2.75) is 57.1 Å². The molecule has 4 aromatic rings. The third-order valence-electron chi connectivity index (χ3n) is 7.76. The Morgan fingerprint density at radius 1 is 0.891 bits per heavy atom. The number of carbonyl (C=O) groups excluding carboxylic acids is 2. The first-order valence-electron chi connectivity index (χ1n) is 15.1. The van der Waals surface area contributed by atoms with Gasteiger partial charge in [0.25, 0.3) is 10.0 Å². The Bertz CT molecular complexity index is 1730. The van der Waals surface area contributed by atoms with Gasteiger partial charge >= 0.3 is 0 Å². The fourth-order valence-corrected chi connectivity index (χ4v) is 6.89. The molecular weight excluding hydrogens is 666 g/mol. The fourth-order valence-electron chi connectivity index (χ4n) is 5.01. The number of nitrogens with zero attached hydrogens (tertiary/aromatic N) is 2. The van der Waals surface area contributed by atoms with Crippen LogP contribution in [0.3, 0.4) is 0 Å². The van der Waals surface area contributed by atoms with Crippen molar-refractivity contribution in [2.24, 2.45) is 0 Å². The van der Waals surface area contributed by atoms with E-state index in [2.05, 4.69) is 21.2 Å². The molecule has 4 aromatic carbocycles. The minimum atomic E-state index is -4.24. The van der Waals surface area contributed by atoms with Gasteiger partial charge in [0.1, 0.15) is 18.3 Å². The van der Waals surface area contributed by atoms with E-state index in [1.54, 1.807) is 36.4 Å². The summed E-state index contributed by atoms with van der Waals surface area (Å²) in [6, 6.07) is 29.1. The summed E-state index contributed by atoms with van der Waals surface area (Å²) < 4.78 is 36.0. The van der Waals surface area contributed by atoms with Crippen LogP contribution in [0, 0.1) is 6.92 Å². The number of halogens is 1. The zero-order valence-electron chi connectivity index (χ0n) is 26.5. The molecule has 8 nitrogen and oxygen atoms in total. The Balaban J connectivity index is 1.84. The van der Waals surface area contributed by atoms with Crippen molar-refractivity contribution in [3.05, 3.63) is 124 Å². The molecule has 0 aromatic heterocycles. The van der Waals surface area contributed by atoms with Gasteiger partial charge in [0.05, 0.1) is 17.7 Å². The van der Waals surface area contributed by atoms with Gasteiger partial charge in [-0.3, -0.25) is 13.9 Å². The van der Waals surface area contributed by atoms with Gasteiger partial charge in [-0.05, 0) is 67.8 Å². The molecule has 0 fully saturated rings. The van der Waals surface area contributed by atoms with Crippen molar-refractivity contribution in [1.29, 1.82) is 0 Å². The number of sulfonamides is 1. The van der Waals surface area contributed by atoms with Crippen LogP contribution >= 0.6 is 15.9 Å². The largest absolute Gasteiger partial charge is 0.495 e. The smallest absolute Gasteiger partial charge is 0.264 e. The lowest BCUT2D eigenvalue weighted by molar-refractivity contribution is -0.140. The van der Waals surface area contributed by atoms with Crippen molar-refractivity contribution in [3.8, 4) is 5.75 Å². The van der Waals surface area contributed by atoms with Crippen LogP contribution in [0.5, 0.6) is 5.75 Å². The van der Waals surface area contributed by atoms with Gasteiger partial charge in [-0.1, -0.05) is 95.1 Å². The van der Waals surface area contributed by atoms with Crippen molar-refractivity contribution in [1.82, 2.24) is 10.2 Å². The van der Waals surface area contributed by atoms with Crippen LogP contribution in [-0.2, 0) is 32.6 Å². The number of para-hydroxylation sites is 2. The summed E-state index contributed by atoms with van der Waals surface area (Å²) in [4.78, 5) is 30.1. The Hall–Kier alpha value is -4.15. The molecule has 2 amide bonds. The molecule has 2 atom stereocenters. The number of carbonyl (C=O) groups is 2. The molecule has 0 saturated heterocycles. The maximum Gasteiger partial charge on any atom is 0.264 e. The topological polar surface area (TPSA) is 96.0 Å². The van der Waals surface area contributed by atoms with E-state index in [-0.39, 0.29) is 35.5 Å². The highest BCUT2D eigenvalue weighted by molar-refractivity contribution is 9.10. The number of hydrogen-bond donors (Lipinski definition) is 1. The molecule has 242 valence electrons. The normalized spacial score (nSPS) is 12.5. The summed E-state index contributed by atoms with van der Waals surface area (Å²) in [5.41, 5.74) is 2.76. The highest BCUT2D eigenvalue weighted by Gasteiger charge is 2.35. The molecule has 0 heterocycles. The number of anilines is 1. The van der Waals surface area contributed by atoms with Crippen LogP contribution in [0.4, 0.5) is 5.69 Å². The maximum absolute atomic E-state index is 14.6. The predicted octanol–water partition coefficient (Wildman–Crippen LogP) is 6.52. The first-order valence-corrected chi connectivity index (χ1v) is 17.4. The van der Waals surface area contributed by atoms with Crippen LogP contribution < -0.4 is 14.4 Å². The second kappa shape index (κ2) is 15.9. The molecule has 0 bridgehead atoms. The van der Waals surface area contributed by atoms with Gasteiger partial charge in [0.2, 0.25) is 11.8 Å². The monoisotopic (exact) mass is 705 g/mol. The standard InChI is InChI=1S/C36H40BrN3O5S/c1-5-27(3)38-36(42)33(23-28-12-7-6-8-13-28)39(24-29-14-11-15-30(37)22-29)35(41)25-40(32-16-9-10-17-34(32)45-4)46(43,44)31-20-18-26(2)19-21-31/h6-22,27,33H,5,23-25H2,1-4H3,(H,38,42). The second-order valence-corrected chi connectivity index (χ2v) is 13.9. The Labute approximate surface area is 280 Å². The lowest BCUT2D eigenvalue weighted by atomic mass is 10.0. The van der Waals surface area contributed by atoms with Crippen molar-refractivity contribution < 1.29 is 22.7 Å². The highest BCUT2D eigenvalue weighted by atomic mass is 79.9.